The lowest BCUT2D eigenvalue weighted by molar-refractivity contribution is -0.113. The first kappa shape index (κ1) is 15.1. The van der Waals surface area contributed by atoms with Crippen LogP contribution in [0.1, 0.15) is 11.1 Å². The zero-order valence-electron chi connectivity index (χ0n) is 11.2. The Labute approximate surface area is 126 Å². The summed E-state index contributed by atoms with van der Waals surface area (Å²) in [6.07, 6.45) is 0. The first-order valence-corrected chi connectivity index (χ1v) is 7.45. The fourth-order valence-corrected chi connectivity index (χ4v) is 2.49. The van der Waals surface area contributed by atoms with Gasteiger partial charge in [0.05, 0.1) is 17.4 Å². The molecule has 0 bridgehead atoms. The fourth-order valence-electron chi connectivity index (χ4n) is 1.70. The highest BCUT2D eigenvalue weighted by molar-refractivity contribution is 7.99. The molecule has 2 aromatic carbocycles. The first-order valence-electron chi connectivity index (χ1n) is 6.29. The summed E-state index contributed by atoms with van der Waals surface area (Å²) in [5, 5.41) is 11.3. The number of anilines is 1. The molecule has 0 aliphatic rings. The molecule has 5 heteroatoms. The van der Waals surface area contributed by atoms with Crippen LogP contribution in [0.5, 0.6) is 0 Å². The highest BCUT2D eigenvalue weighted by atomic mass is 32.2. The molecule has 0 heterocycles. The molecule has 3 nitrogen and oxygen atoms in total. The lowest BCUT2D eigenvalue weighted by Gasteiger charge is -2.05. The standard InChI is InChI=1S/C16H13FN2OS/c17-14-2-1-3-15(8-14)19-16(20)11-21-10-13-6-4-12(9-18)5-7-13/h1-8H,10-11H2,(H,19,20). The molecule has 0 unspecified atom stereocenters. The Morgan fingerprint density at radius 1 is 1.24 bits per heavy atom. The molecule has 0 aliphatic carbocycles. The van der Waals surface area contributed by atoms with Gasteiger partial charge in [0.1, 0.15) is 5.82 Å². The Balaban J connectivity index is 1.77. The van der Waals surface area contributed by atoms with E-state index in [1.807, 2.05) is 12.1 Å². The van der Waals surface area contributed by atoms with Gasteiger partial charge in [-0.1, -0.05) is 18.2 Å². The first-order chi connectivity index (χ1) is 10.2. The minimum atomic E-state index is -0.377. The zero-order chi connectivity index (χ0) is 15.1. The maximum Gasteiger partial charge on any atom is 0.234 e. The predicted molar refractivity (Wildman–Crippen MR) is 82.3 cm³/mol. The van der Waals surface area contributed by atoms with Crippen molar-refractivity contribution in [3.05, 3.63) is 65.5 Å². The number of thioether (sulfide) groups is 1. The number of nitrogens with zero attached hydrogens (tertiary/aromatic N) is 1. The van der Waals surface area contributed by atoms with E-state index < -0.39 is 0 Å². The highest BCUT2D eigenvalue weighted by Gasteiger charge is 2.04. The molecule has 0 aliphatic heterocycles. The number of carbonyl (C=O) groups excluding carboxylic acids is 1. The summed E-state index contributed by atoms with van der Waals surface area (Å²) in [4.78, 5) is 11.7. The van der Waals surface area contributed by atoms with Gasteiger partial charge in [-0.05, 0) is 35.9 Å². The predicted octanol–water partition coefficient (Wildman–Crippen LogP) is 3.57. The molecule has 1 N–H and O–H groups in total. The average molecular weight is 300 g/mol. The van der Waals surface area contributed by atoms with Gasteiger partial charge in [0.2, 0.25) is 5.91 Å². The van der Waals surface area contributed by atoms with Gasteiger partial charge in [-0.15, -0.1) is 11.8 Å². The van der Waals surface area contributed by atoms with Crippen molar-refractivity contribution in [1.29, 1.82) is 5.26 Å². The van der Waals surface area contributed by atoms with Crippen LogP contribution in [-0.4, -0.2) is 11.7 Å². The second-order valence-corrected chi connectivity index (χ2v) is 5.35. The average Bonchev–Trinajstić information content (AvgIpc) is 2.48. The van der Waals surface area contributed by atoms with Crippen LogP contribution in [0.2, 0.25) is 0 Å². The maximum absolute atomic E-state index is 13.0. The van der Waals surface area contributed by atoms with E-state index in [0.29, 0.717) is 17.0 Å². The third-order valence-corrected chi connectivity index (χ3v) is 3.70. The molecule has 1 amide bonds. The van der Waals surface area contributed by atoms with E-state index in [-0.39, 0.29) is 17.5 Å². The van der Waals surface area contributed by atoms with Crippen molar-refractivity contribution in [2.24, 2.45) is 0 Å². The molecule has 0 atom stereocenters. The van der Waals surface area contributed by atoms with E-state index >= 15 is 0 Å². The molecule has 0 saturated heterocycles. The molecule has 2 aromatic rings. The van der Waals surface area contributed by atoms with Crippen LogP contribution < -0.4 is 5.32 Å². The molecule has 0 radical (unpaired) electrons. The Bertz CT molecular complexity index is 665. The summed E-state index contributed by atoms with van der Waals surface area (Å²) in [5.41, 5.74) is 2.13. The second-order valence-electron chi connectivity index (χ2n) is 4.36. The van der Waals surface area contributed by atoms with Crippen molar-refractivity contribution in [1.82, 2.24) is 0 Å². The van der Waals surface area contributed by atoms with Crippen LogP contribution >= 0.6 is 11.8 Å². The van der Waals surface area contributed by atoms with E-state index in [0.717, 1.165) is 5.56 Å². The van der Waals surface area contributed by atoms with E-state index in [1.165, 1.54) is 23.9 Å². The summed E-state index contributed by atoms with van der Waals surface area (Å²) in [6.45, 7) is 0. The van der Waals surface area contributed by atoms with Crippen LogP contribution in [0.15, 0.2) is 48.5 Å². The van der Waals surface area contributed by atoms with Crippen LogP contribution in [0, 0.1) is 17.1 Å². The Hall–Kier alpha value is -2.32. The molecular formula is C16H13FN2OS. The van der Waals surface area contributed by atoms with E-state index in [1.54, 1.807) is 24.3 Å². The van der Waals surface area contributed by atoms with Gasteiger partial charge < -0.3 is 5.32 Å². The lowest BCUT2D eigenvalue weighted by atomic mass is 10.2. The summed E-state index contributed by atoms with van der Waals surface area (Å²) < 4.78 is 13.0. The van der Waals surface area contributed by atoms with Gasteiger partial charge in [-0.2, -0.15) is 5.26 Å². The van der Waals surface area contributed by atoms with Crippen LogP contribution in [0.25, 0.3) is 0 Å². The number of carbonyl (C=O) groups is 1. The Morgan fingerprint density at radius 3 is 2.67 bits per heavy atom. The van der Waals surface area contributed by atoms with Crippen molar-refractivity contribution in [3.63, 3.8) is 0 Å². The molecule has 0 aromatic heterocycles. The molecule has 0 fully saturated rings. The lowest BCUT2D eigenvalue weighted by Crippen LogP contribution is -2.14. The van der Waals surface area contributed by atoms with Gasteiger partial charge in [-0.3, -0.25) is 4.79 Å². The van der Waals surface area contributed by atoms with Gasteiger partial charge in [0.25, 0.3) is 0 Å². The maximum atomic E-state index is 13.0. The van der Waals surface area contributed by atoms with Crippen molar-refractivity contribution >= 4 is 23.4 Å². The minimum absolute atomic E-state index is 0.167. The van der Waals surface area contributed by atoms with Gasteiger partial charge in [0.15, 0.2) is 0 Å². The van der Waals surface area contributed by atoms with E-state index in [2.05, 4.69) is 11.4 Å². The molecular weight excluding hydrogens is 287 g/mol. The van der Waals surface area contributed by atoms with Crippen molar-refractivity contribution in [2.75, 3.05) is 11.1 Å². The van der Waals surface area contributed by atoms with Crippen molar-refractivity contribution < 1.29 is 9.18 Å². The smallest absolute Gasteiger partial charge is 0.234 e. The van der Waals surface area contributed by atoms with Crippen molar-refractivity contribution in [2.45, 2.75) is 5.75 Å². The number of nitriles is 1. The number of hydrogen-bond acceptors (Lipinski definition) is 3. The summed E-state index contributed by atoms with van der Waals surface area (Å²) in [6, 6.07) is 15.1. The molecule has 0 spiro atoms. The highest BCUT2D eigenvalue weighted by Crippen LogP contribution is 2.14. The number of amides is 1. The Morgan fingerprint density at radius 2 is 2.00 bits per heavy atom. The molecule has 0 saturated carbocycles. The molecule has 21 heavy (non-hydrogen) atoms. The third kappa shape index (κ3) is 4.93. The van der Waals surface area contributed by atoms with Crippen LogP contribution in [0.3, 0.4) is 0 Å². The van der Waals surface area contributed by atoms with Gasteiger partial charge >= 0.3 is 0 Å². The largest absolute Gasteiger partial charge is 0.325 e. The van der Waals surface area contributed by atoms with Gasteiger partial charge in [0, 0.05) is 11.4 Å². The number of benzene rings is 2. The number of hydrogen-bond donors (Lipinski definition) is 1. The number of rotatable bonds is 5. The van der Waals surface area contributed by atoms with Gasteiger partial charge in [-0.25, -0.2) is 4.39 Å². The number of halogens is 1. The second kappa shape index (κ2) is 7.46. The van der Waals surface area contributed by atoms with E-state index in [4.69, 9.17) is 5.26 Å². The van der Waals surface area contributed by atoms with Crippen LogP contribution in [0.4, 0.5) is 10.1 Å². The molecule has 2 rings (SSSR count). The fraction of sp³-hybridized carbons (Fsp3) is 0.125. The zero-order valence-corrected chi connectivity index (χ0v) is 12.0. The third-order valence-electron chi connectivity index (χ3n) is 2.69. The quantitative estimate of drug-likeness (QED) is 0.918. The number of nitrogens with one attached hydrogen (secondary N) is 1. The normalized spacial score (nSPS) is 9.90. The Kier molecular flexibility index (Phi) is 5.35. The van der Waals surface area contributed by atoms with Crippen molar-refractivity contribution in [3.8, 4) is 6.07 Å². The molecule has 106 valence electrons. The summed E-state index contributed by atoms with van der Waals surface area (Å²) in [5.74, 6) is 0.427. The monoisotopic (exact) mass is 300 g/mol. The summed E-state index contributed by atoms with van der Waals surface area (Å²) in [7, 11) is 0. The van der Waals surface area contributed by atoms with E-state index in [9.17, 15) is 9.18 Å². The van der Waals surface area contributed by atoms with Crippen LogP contribution in [-0.2, 0) is 10.5 Å². The SMILES string of the molecule is N#Cc1ccc(CSCC(=O)Nc2cccc(F)c2)cc1. The summed E-state index contributed by atoms with van der Waals surface area (Å²) >= 11 is 1.46. The topological polar surface area (TPSA) is 52.9 Å². The minimum Gasteiger partial charge on any atom is -0.325 e.